The van der Waals surface area contributed by atoms with Crippen LogP contribution >= 0.6 is 12.4 Å². The van der Waals surface area contributed by atoms with Crippen molar-refractivity contribution in [3.8, 4) is 0 Å². The summed E-state index contributed by atoms with van der Waals surface area (Å²) in [5, 5.41) is 12.9. The number of nitrogens with one attached hydrogen (secondary N) is 3. The van der Waals surface area contributed by atoms with E-state index in [0.29, 0.717) is 6.42 Å². The van der Waals surface area contributed by atoms with Gasteiger partial charge in [0.1, 0.15) is 0 Å². The summed E-state index contributed by atoms with van der Waals surface area (Å²) in [6, 6.07) is 0. The minimum absolute atomic E-state index is 0. The number of amides is 1. The molecule has 0 aromatic carbocycles. The molecule has 34 heavy (non-hydrogen) atoms. The molecule has 0 fully saturated rings. The highest BCUT2D eigenvalue weighted by atomic mass is 35.5. The zero-order chi connectivity index (χ0) is 24.2. The summed E-state index contributed by atoms with van der Waals surface area (Å²) in [5.41, 5.74) is 5.23. The lowest BCUT2D eigenvalue weighted by Gasteiger charge is -2.06. The van der Waals surface area contributed by atoms with Crippen LogP contribution in [0.4, 0.5) is 0 Å². The summed E-state index contributed by atoms with van der Waals surface area (Å²) in [6.07, 6.45) is 29.9. The van der Waals surface area contributed by atoms with Crippen molar-refractivity contribution >= 4 is 24.3 Å². The lowest BCUT2D eigenvalue weighted by molar-refractivity contribution is -0.121. The minimum Gasteiger partial charge on any atom is -0.370 e. The molecule has 0 aromatic rings. The number of hydrogen-bond acceptors (Lipinski definition) is 2. The van der Waals surface area contributed by atoms with Crippen LogP contribution in [0, 0.1) is 5.41 Å². The van der Waals surface area contributed by atoms with Crippen LogP contribution in [0.2, 0.25) is 0 Å². The Morgan fingerprint density at radius 3 is 1.26 bits per heavy atom. The van der Waals surface area contributed by atoms with Gasteiger partial charge >= 0.3 is 0 Å². The number of carbonyl (C=O) groups excluding carboxylic acids is 1. The zero-order valence-electron chi connectivity index (χ0n) is 22.6. The quantitative estimate of drug-likeness (QED) is 0.0548. The van der Waals surface area contributed by atoms with Crippen molar-refractivity contribution in [3.63, 3.8) is 0 Å². The van der Waals surface area contributed by atoms with Crippen LogP contribution in [0.3, 0.4) is 0 Å². The molecule has 5 N–H and O–H groups in total. The van der Waals surface area contributed by atoms with Crippen molar-refractivity contribution in [1.29, 1.82) is 5.41 Å². The predicted octanol–water partition coefficient (Wildman–Crippen LogP) is 8.00. The van der Waals surface area contributed by atoms with Crippen LogP contribution in [-0.4, -0.2) is 25.0 Å². The van der Waals surface area contributed by atoms with Gasteiger partial charge in [-0.3, -0.25) is 10.2 Å². The Morgan fingerprint density at radius 1 is 0.559 bits per heavy atom. The van der Waals surface area contributed by atoms with E-state index in [-0.39, 0.29) is 24.3 Å². The van der Waals surface area contributed by atoms with Gasteiger partial charge < -0.3 is 16.4 Å². The molecule has 0 saturated carbocycles. The number of carbonyl (C=O) groups is 1. The first-order valence-electron chi connectivity index (χ1n) is 14.5. The maximum Gasteiger partial charge on any atom is 0.219 e. The molecular weight excluding hydrogens is 444 g/mol. The normalized spacial score (nSPS) is 10.6. The first kappa shape index (κ1) is 35.2. The van der Waals surface area contributed by atoms with E-state index in [1.54, 1.807) is 0 Å². The number of unbranched alkanes of at least 4 members (excludes halogenated alkanes) is 20. The summed E-state index contributed by atoms with van der Waals surface area (Å²) in [7, 11) is 0. The second-order valence-electron chi connectivity index (χ2n) is 9.87. The van der Waals surface area contributed by atoms with E-state index in [0.717, 1.165) is 38.8 Å². The van der Waals surface area contributed by atoms with Crippen molar-refractivity contribution in [2.24, 2.45) is 5.73 Å². The first-order valence-corrected chi connectivity index (χ1v) is 14.5. The van der Waals surface area contributed by atoms with Gasteiger partial charge in [0, 0.05) is 19.5 Å². The highest BCUT2D eigenvalue weighted by Crippen LogP contribution is 2.14. The number of hydrogen-bond donors (Lipinski definition) is 4. The van der Waals surface area contributed by atoms with Gasteiger partial charge in [0.2, 0.25) is 5.91 Å². The van der Waals surface area contributed by atoms with Gasteiger partial charge in [0.15, 0.2) is 5.96 Å². The standard InChI is InChI=1S/C28H58N4O.ClH/c1-2-3-4-5-6-7-8-9-10-11-12-13-14-15-16-17-18-19-21-24-27(33)31-25-22-20-23-26-32-28(29)30;/h2-26H2,1H3,(H,31,33)(H4,29,30,32);1H. The lowest BCUT2D eigenvalue weighted by atomic mass is 10.0. The van der Waals surface area contributed by atoms with Gasteiger partial charge in [-0.2, -0.15) is 0 Å². The molecule has 204 valence electrons. The van der Waals surface area contributed by atoms with E-state index in [1.807, 2.05) is 0 Å². The van der Waals surface area contributed by atoms with Gasteiger partial charge in [0.05, 0.1) is 0 Å². The summed E-state index contributed by atoms with van der Waals surface area (Å²) < 4.78 is 0. The average Bonchev–Trinajstić information content (AvgIpc) is 2.79. The Balaban J connectivity index is 0. The number of halogens is 1. The lowest BCUT2D eigenvalue weighted by Crippen LogP contribution is -2.31. The molecule has 5 nitrogen and oxygen atoms in total. The largest absolute Gasteiger partial charge is 0.370 e. The van der Waals surface area contributed by atoms with Crippen molar-refractivity contribution in [2.45, 2.75) is 155 Å². The molecule has 0 heterocycles. The third-order valence-electron chi connectivity index (χ3n) is 6.50. The van der Waals surface area contributed by atoms with E-state index in [9.17, 15) is 4.79 Å². The molecular formula is C28H59ClN4O. The first-order chi connectivity index (χ1) is 16.2. The van der Waals surface area contributed by atoms with Gasteiger partial charge in [-0.25, -0.2) is 0 Å². The van der Waals surface area contributed by atoms with Crippen LogP contribution in [0.25, 0.3) is 0 Å². The summed E-state index contributed by atoms with van der Waals surface area (Å²) >= 11 is 0. The van der Waals surface area contributed by atoms with E-state index in [4.69, 9.17) is 11.1 Å². The van der Waals surface area contributed by atoms with Crippen molar-refractivity contribution < 1.29 is 4.79 Å². The molecule has 0 rings (SSSR count). The van der Waals surface area contributed by atoms with Crippen LogP contribution in [0.1, 0.15) is 155 Å². The smallest absolute Gasteiger partial charge is 0.219 e. The van der Waals surface area contributed by atoms with E-state index >= 15 is 0 Å². The highest BCUT2D eigenvalue weighted by Gasteiger charge is 2.01. The molecule has 0 aromatic heterocycles. The summed E-state index contributed by atoms with van der Waals surface area (Å²) in [5.74, 6) is 0.228. The maximum atomic E-state index is 11.8. The zero-order valence-corrected chi connectivity index (χ0v) is 23.4. The topological polar surface area (TPSA) is 91.0 Å². The Labute approximate surface area is 218 Å². The SMILES string of the molecule is CCCCCCCCCCCCCCCCCCCCCC(=O)NCCCCCNC(=N)N.Cl. The summed E-state index contributed by atoms with van der Waals surface area (Å²) in [4.78, 5) is 11.8. The Kier molecular flexibility index (Phi) is 31.1. The maximum absolute atomic E-state index is 11.8. The Morgan fingerprint density at radius 2 is 0.882 bits per heavy atom. The van der Waals surface area contributed by atoms with Crippen molar-refractivity contribution in [1.82, 2.24) is 10.6 Å². The molecule has 0 spiro atoms. The van der Waals surface area contributed by atoms with E-state index in [1.165, 1.54) is 116 Å². The third kappa shape index (κ3) is 31.0. The molecule has 0 aliphatic carbocycles. The molecule has 0 aliphatic heterocycles. The molecule has 1 amide bonds. The van der Waals surface area contributed by atoms with Gasteiger partial charge in [-0.15, -0.1) is 12.4 Å². The van der Waals surface area contributed by atoms with Crippen molar-refractivity contribution in [2.75, 3.05) is 13.1 Å². The second-order valence-corrected chi connectivity index (χ2v) is 9.87. The molecule has 0 radical (unpaired) electrons. The fraction of sp³-hybridized carbons (Fsp3) is 0.929. The van der Waals surface area contributed by atoms with Crippen LogP contribution < -0.4 is 16.4 Å². The Hall–Kier alpha value is -0.970. The van der Waals surface area contributed by atoms with Crippen LogP contribution in [0.15, 0.2) is 0 Å². The van der Waals surface area contributed by atoms with Gasteiger partial charge in [-0.1, -0.05) is 122 Å². The fourth-order valence-corrected chi connectivity index (χ4v) is 4.33. The van der Waals surface area contributed by atoms with Crippen LogP contribution in [0.5, 0.6) is 0 Å². The monoisotopic (exact) mass is 502 g/mol. The molecule has 0 bridgehead atoms. The molecule has 0 aliphatic rings. The Bertz CT molecular complexity index is 435. The minimum atomic E-state index is 0. The average molecular weight is 503 g/mol. The highest BCUT2D eigenvalue weighted by molar-refractivity contribution is 5.85. The molecule has 0 saturated heterocycles. The van der Waals surface area contributed by atoms with Gasteiger partial charge in [-0.05, 0) is 25.7 Å². The molecule has 0 unspecified atom stereocenters. The number of guanidine groups is 1. The van der Waals surface area contributed by atoms with E-state index < -0.39 is 0 Å². The third-order valence-corrected chi connectivity index (χ3v) is 6.50. The van der Waals surface area contributed by atoms with Crippen LogP contribution in [-0.2, 0) is 4.79 Å². The second kappa shape index (κ2) is 30.1. The molecule has 6 heteroatoms. The summed E-state index contributed by atoms with van der Waals surface area (Å²) in [6.45, 7) is 3.79. The van der Waals surface area contributed by atoms with Gasteiger partial charge in [0.25, 0.3) is 0 Å². The van der Waals surface area contributed by atoms with Crippen molar-refractivity contribution in [3.05, 3.63) is 0 Å². The number of nitrogens with two attached hydrogens (primary N) is 1. The van der Waals surface area contributed by atoms with E-state index in [2.05, 4.69) is 17.6 Å². The number of rotatable bonds is 26. The molecule has 0 atom stereocenters. The predicted molar refractivity (Wildman–Crippen MR) is 152 cm³/mol. The fourth-order valence-electron chi connectivity index (χ4n) is 4.33.